The Morgan fingerprint density at radius 3 is 1.63 bits per heavy atom. The third kappa shape index (κ3) is 15.8. The molecule has 0 aliphatic carbocycles. The summed E-state index contributed by atoms with van der Waals surface area (Å²) in [6.45, 7) is 12.2. The van der Waals surface area contributed by atoms with Gasteiger partial charge in [0.2, 0.25) is 0 Å². The number of ether oxygens (including phenoxy) is 4. The molecule has 352 valence electrons. The van der Waals surface area contributed by atoms with Crippen molar-refractivity contribution in [3.8, 4) is 11.5 Å². The van der Waals surface area contributed by atoms with Gasteiger partial charge in [-0.1, -0.05) is 84.9 Å². The van der Waals surface area contributed by atoms with Gasteiger partial charge in [0.15, 0.2) is 0 Å². The van der Waals surface area contributed by atoms with Crippen LogP contribution in [-0.2, 0) is 45.1 Å². The van der Waals surface area contributed by atoms with Crippen LogP contribution in [0, 0.1) is 0 Å². The predicted octanol–water partition coefficient (Wildman–Crippen LogP) is 11.4. The zero-order valence-corrected chi connectivity index (χ0v) is 40.2. The molecule has 3 N–H and O–H groups in total. The van der Waals surface area contributed by atoms with Crippen molar-refractivity contribution in [2.24, 2.45) is 0 Å². The van der Waals surface area contributed by atoms with Crippen molar-refractivity contribution in [3.05, 3.63) is 200 Å². The number of carbonyl (C=O) groups is 3. The number of carbonyl (C=O) groups excluding carboxylic acids is 3. The second-order valence-electron chi connectivity index (χ2n) is 16.2. The number of nitrogens with zero attached hydrogens (tertiary/aromatic N) is 2. The lowest BCUT2D eigenvalue weighted by Gasteiger charge is -2.21. The van der Waals surface area contributed by atoms with E-state index in [1.54, 1.807) is 46.0 Å². The van der Waals surface area contributed by atoms with Crippen molar-refractivity contribution in [1.29, 1.82) is 0 Å². The Bertz CT molecular complexity index is 2520. The van der Waals surface area contributed by atoms with Crippen LogP contribution in [0.5, 0.6) is 11.5 Å². The molecule has 0 spiro atoms. The molecule has 0 bridgehead atoms. The Labute approximate surface area is 402 Å². The highest BCUT2D eigenvalue weighted by Gasteiger charge is 2.24. The number of benzene rings is 4. The van der Waals surface area contributed by atoms with E-state index in [0.29, 0.717) is 72.6 Å². The van der Waals surface area contributed by atoms with Gasteiger partial charge in [-0.15, -0.1) is 11.3 Å². The average Bonchev–Trinajstić information content (AvgIpc) is 4.01. The van der Waals surface area contributed by atoms with Crippen molar-refractivity contribution < 1.29 is 33.3 Å². The van der Waals surface area contributed by atoms with Crippen LogP contribution in [0.1, 0.15) is 98.1 Å². The fourth-order valence-corrected chi connectivity index (χ4v) is 7.98. The van der Waals surface area contributed by atoms with Gasteiger partial charge < -0.3 is 34.6 Å². The first kappa shape index (κ1) is 49.9. The van der Waals surface area contributed by atoms with Crippen molar-refractivity contribution >= 4 is 41.5 Å². The number of aromatic nitrogens is 3. The molecule has 0 fully saturated rings. The number of aromatic amines is 1. The highest BCUT2D eigenvalue weighted by molar-refractivity contribution is 7.09. The third-order valence-electron chi connectivity index (χ3n) is 10.5. The summed E-state index contributed by atoms with van der Waals surface area (Å²) >= 11 is 1.44. The van der Waals surface area contributed by atoms with E-state index in [4.69, 9.17) is 28.9 Å². The minimum absolute atomic E-state index is 0.292. The molecule has 68 heavy (non-hydrogen) atoms. The van der Waals surface area contributed by atoms with E-state index in [-0.39, 0.29) is 11.9 Å². The standard InChI is InChI=1S/C55H59N5O7S/c1-7-64-53(61)39(5)27-37(3)29-45-33-56-51(57-45)49(31-41-19-23-47(24-20-41)66-34-43-15-11-9-12-16-43)59-55(63)60-50(32-42-21-25-48(26-22-42)67-35-44-17-13-10-14-18-44)52-58-46(36-68-52)30-38(4)28-40(6)54(62)65-8-2/h9-30,33,36,49-50H,7-8,31-32,34-35H2,1-6H3,(H,56,57)(H2,59,60,63)/b37-29+,38-30+,39-27-,40-28-/t49-,50-/m0/s1. The lowest BCUT2D eigenvalue weighted by Crippen LogP contribution is -2.41. The Hall–Kier alpha value is -7.51. The number of imidazole rings is 1. The Morgan fingerprint density at radius 1 is 0.632 bits per heavy atom. The van der Waals surface area contributed by atoms with Crippen LogP contribution >= 0.6 is 11.3 Å². The summed E-state index contributed by atoms with van der Waals surface area (Å²) in [5, 5.41) is 9.06. The van der Waals surface area contributed by atoms with Crippen LogP contribution in [0.2, 0.25) is 0 Å². The lowest BCUT2D eigenvalue weighted by molar-refractivity contribution is -0.139. The van der Waals surface area contributed by atoms with Crippen LogP contribution < -0.4 is 20.1 Å². The zero-order chi connectivity index (χ0) is 48.3. The summed E-state index contributed by atoms with van der Waals surface area (Å²) in [5.74, 6) is 1.25. The Kier molecular flexibility index (Phi) is 18.7. The van der Waals surface area contributed by atoms with Crippen molar-refractivity contribution in [1.82, 2.24) is 25.6 Å². The third-order valence-corrected chi connectivity index (χ3v) is 11.4. The maximum atomic E-state index is 14.3. The normalized spacial score (nSPS) is 13.0. The molecule has 4 aromatic carbocycles. The van der Waals surface area contributed by atoms with E-state index >= 15 is 0 Å². The molecule has 2 amide bonds. The molecule has 0 unspecified atom stereocenters. The second-order valence-corrected chi connectivity index (χ2v) is 17.1. The number of allylic oxidation sites excluding steroid dienone is 4. The molecule has 12 nitrogen and oxygen atoms in total. The quantitative estimate of drug-likeness (QED) is 0.0343. The van der Waals surface area contributed by atoms with Crippen LogP contribution in [0.25, 0.3) is 12.2 Å². The number of esters is 2. The molecule has 13 heteroatoms. The molecule has 2 aromatic heterocycles. The first-order valence-corrected chi connectivity index (χ1v) is 23.5. The van der Waals surface area contributed by atoms with Crippen molar-refractivity contribution in [2.45, 2.75) is 79.7 Å². The highest BCUT2D eigenvalue weighted by atomic mass is 32.1. The largest absolute Gasteiger partial charge is 0.489 e. The SMILES string of the molecule is CCOC(=O)/C(C)=C\C(C)=C\c1csc([C@H](Cc2ccc(OCc3ccccc3)cc2)NC(=O)N[C@@H](Cc2ccc(OCc3ccccc3)cc2)c2ncc(/C=C(C)/C=C(/C)C(=O)OCC)[nH]2)n1. The van der Waals surface area contributed by atoms with Crippen molar-refractivity contribution in [3.63, 3.8) is 0 Å². The lowest BCUT2D eigenvalue weighted by atomic mass is 10.0. The highest BCUT2D eigenvalue weighted by Crippen LogP contribution is 2.27. The summed E-state index contributed by atoms with van der Waals surface area (Å²) in [6, 6.07) is 34.1. The zero-order valence-electron chi connectivity index (χ0n) is 39.4. The van der Waals surface area contributed by atoms with Crippen molar-refractivity contribution in [2.75, 3.05) is 13.2 Å². The summed E-state index contributed by atoms with van der Waals surface area (Å²) < 4.78 is 22.4. The molecule has 0 saturated heterocycles. The number of hydrogen-bond donors (Lipinski definition) is 3. The summed E-state index contributed by atoms with van der Waals surface area (Å²) in [4.78, 5) is 51.9. The number of rotatable bonds is 22. The maximum Gasteiger partial charge on any atom is 0.333 e. The molecule has 0 saturated carbocycles. The van der Waals surface area contributed by atoms with E-state index in [1.165, 1.54) is 11.3 Å². The van der Waals surface area contributed by atoms with Gasteiger partial charge >= 0.3 is 18.0 Å². The Morgan fingerprint density at radius 2 is 1.12 bits per heavy atom. The van der Waals surface area contributed by atoms with Crippen LogP contribution in [-0.4, -0.2) is 46.1 Å². The minimum Gasteiger partial charge on any atom is -0.489 e. The number of nitrogens with one attached hydrogen (secondary N) is 3. The monoisotopic (exact) mass is 933 g/mol. The molecule has 0 aliphatic heterocycles. The van der Waals surface area contributed by atoms with E-state index < -0.39 is 18.1 Å². The summed E-state index contributed by atoms with van der Waals surface area (Å²) in [6.07, 6.45) is 9.85. The number of hydrogen-bond acceptors (Lipinski definition) is 10. The molecule has 2 heterocycles. The van der Waals surface area contributed by atoms with E-state index in [0.717, 1.165) is 44.9 Å². The number of amides is 2. The molecular formula is C55H59N5O7S. The first-order valence-electron chi connectivity index (χ1n) is 22.6. The molecule has 6 aromatic rings. The van der Waals surface area contributed by atoms with Gasteiger partial charge in [-0.05, 0) is 136 Å². The fraction of sp³-hybridized carbons (Fsp3) is 0.255. The predicted molar refractivity (Wildman–Crippen MR) is 268 cm³/mol. The van der Waals surface area contributed by atoms with E-state index in [2.05, 4.69) is 15.6 Å². The van der Waals surface area contributed by atoms with Gasteiger partial charge in [0.1, 0.15) is 35.5 Å². The van der Waals surface area contributed by atoms with Crippen LogP contribution in [0.3, 0.4) is 0 Å². The smallest absolute Gasteiger partial charge is 0.333 e. The molecule has 2 atom stereocenters. The Balaban J connectivity index is 1.24. The van der Waals surface area contributed by atoms with Gasteiger partial charge in [-0.2, -0.15) is 0 Å². The number of thiazole rings is 1. The van der Waals surface area contributed by atoms with Gasteiger partial charge in [-0.3, -0.25) is 0 Å². The fourth-order valence-electron chi connectivity index (χ4n) is 7.15. The van der Waals surface area contributed by atoms with Gasteiger partial charge in [-0.25, -0.2) is 24.4 Å². The number of urea groups is 1. The number of H-pyrrole nitrogens is 1. The van der Waals surface area contributed by atoms with Gasteiger partial charge in [0, 0.05) is 16.5 Å². The molecular weight excluding hydrogens is 875 g/mol. The van der Waals surface area contributed by atoms with Gasteiger partial charge in [0.25, 0.3) is 0 Å². The average molecular weight is 934 g/mol. The van der Waals surface area contributed by atoms with E-state index in [1.807, 2.05) is 141 Å². The minimum atomic E-state index is -0.584. The second kappa shape index (κ2) is 25.4. The van der Waals surface area contributed by atoms with Crippen LogP contribution in [0.15, 0.2) is 155 Å². The maximum absolute atomic E-state index is 14.3. The van der Waals surface area contributed by atoms with E-state index in [9.17, 15) is 14.4 Å². The molecule has 0 radical (unpaired) electrons. The molecule has 6 rings (SSSR count). The molecule has 0 aliphatic rings. The topological polar surface area (TPSA) is 154 Å². The first-order chi connectivity index (χ1) is 32.9. The summed E-state index contributed by atoms with van der Waals surface area (Å²) in [5.41, 5.74) is 8.06. The van der Waals surface area contributed by atoms with Gasteiger partial charge in [0.05, 0.1) is 42.9 Å². The van der Waals surface area contributed by atoms with Crippen LogP contribution in [0.4, 0.5) is 4.79 Å². The summed E-state index contributed by atoms with van der Waals surface area (Å²) in [7, 11) is 0.